The van der Waals surface area contributed by atoms with Crippen molar-refractivity contribution in [2.24, 2.45) is 7.05 Å². The molecule has 0 aliphatic rings. The summed E-state index contributed by atoms with van der Waals surface area (Å²) in [5.41, 5.74) is 3.73. The van der Waals surface area contributed by atoms with Crippen LogP contribution in [0.3, 0.4) is 0 Å². The summed E-state index contributed by atoms with van der Waals surface area (Å²) in [6, 6.07) is 9.20. The van der Waals surface area contributed by atoms with Crippen LogP contribution < -0.4 is 19.5 Å². The average molecular weight is 407 g/mol. The third kappa shape index (κ3) is 3.14. The molecule has 0 radical (unpaired) electrons. The van der Waals surface area contributed by atoms with Crippen molar-refractivity contribution in [1.82, 2.24) is 19.7 Å². The zero-order valence-corrected chi connectivity index (χ0v) is 17.3. The first kappa shape index (κ1) is 19.4. The van der Waals surface area contributed by atoms with Crippen LogP contribution in [0.4, 0.5) is 5.95 Å². The van der Waals surface area contributed by atoms with Crippen LogP contribution in [0.1, 0.15) is 15.9 Å². The molecule has 0 atom stereocenters. The van der Waals surface area contributed by atoms with Crippen molar-refractivity contribution in [3.63, 3.8) is 0 Å². The molecule has 2 aromatic heterocycles. The van der Waals surface area contributed by atoms with E-state index >= 15 is 0 Å². The van der Waals surface area contributed by atoms with Crippen LogP contribution in [0.15, 0.2) is 30.3 Å². The predicted molar refractivity (Wildman–Crippen MR) is 113 cm³/mol. The fourth-order valence-corrected chi connectivity index (χ4v) is 3.41. The third-order valence-electron chi connectivity index (χ3n) is 4.91. The lowest BCUT2D eigenvalue weighted by Gasteiger charge is -2.13. The number of carbonyl (C=O) groups excluding carboxylic acids is 1. The smallest absolute Gasteiger partial charge is 0.258 e. The van der Waals surface area contributed by atoms with Crippen molar-refractivity contribution in [1.29, 1.82) is 0 Å². The Morgan fingerprint density at radius 1 is 1.00 bits per heavy atom. The number of hydrogen-bond donors (Lipinski definition) is 1. The molecule has 9 heteroatoms. The number of aromatic nitrogens is 4. The van der Waals surface area contributed by atoms with Crippen molar-refractivity contribution in [3.8, 4) is 17.2 Å². The van der Waals surface area contributed by atoms with Gasteiger partial charge in [-0.1, -0.05) is 11.6 Å². The standard InChI is InChI=1S/C21H21N5O4/c1-11-6-7-14-13(8-11)17-19(26(14)2)22-21(25-24-17)23-20(27)12-9-15(28-3)18(30-5)16(10-12)29-4/h6-10H,1-5H3,(H,22,23,25,27). The number of methoxy groups -OCH3 is 3. The molecule has 154 valence electrons. The van der Waals surface area contributed by atoms with Gasteiger partial charge in [0.1, 0.15) is 5.52 Å². The summed E-state index contributed by atoms with van der Waals surface area (Å²) < 4.78 is 17.8. The van der Waals surface area contributed by atoms with Gasteiger partial charge in [0.25, 0.3) is 11.9 Å². The van der Waals surface area contributed by atoms with E-state index in [9.17, 15) is 4.79 Å². The summed E-state index contributed by atoms with van der Waals surface area (Å²) in [6.07, 6.45) is 0. The number of anilines is 1. The van der Waals surface area contributed by atoms with Gasteiger partial charge in [-0.3, -0.25) is 10.1 Å². The molecule has 0 unspecified atom stereocenters. The minimum absolute atomic E-state index is 0.101. The van der Waals surface area contributed by atoms with Gasteiger partial charge in [0.2, 0.25) is 5.75 Å². The number of aryl methyl sites for hydroxylation is 2. The van der Waals surface area contributed by atoms with Gasteiger partial charge in [-0.2, -0.15) is 4.98 Å². The molecule has 0 aliphatic heterocycles. The Balaban J connectivity index is 1.71. The zero-order chi connectivity index (χ0) is 21.4. The predicted octanol–water partition coefficient (Wildman–Crippen LogP) is 3.10. The molecule has 2 heterocycles. The van der Waals surface area contributed by atoms with Crippen molar-refractivity contribution in [3.05, 3.63) is 41.5 Å². The number of fused-ring (bicyclic) bond motifs is 3. The Kier molecular flexibility index (Phi) is 4.86. The maximum absolute atomic E-state index is 12.8. The first-order chi connectivity index (χ1) is 14.5. The Bertz CT molecular complexity index is 1260. The third-order valence-corrected chi connectivity index (χ3v) is 4.91. The van der Waals surface area contributed by atoms with E-state index < -0.39 is 5.91 Å². The second-order valence-corrected chi connectivity index (χ2v) is 6.76. The van der Waals surface area contributed by atoms with Crippen molar-refractivity contribution >= 4 is 33.9 Å². The molecule has 4 aromatic rings. The number of amides is 1. The molecule has 0 fully saturated rings. The molecule has 4 rings (SSSR count). The molecule has 1 N–H and O–H groups in total. The number of carbonyl (C=O) groups is 1. The van der Waals surface area contributed by atoms with Crippen LogP contribution in [0.2, 0.25) is 0 Å². The molecule has 30 heavy (non-hydrogen) atoms. The van der Waals surface area contributed by atoms with E-state index in [4.69, 9.17) is 14.2 Å². The molecule has 0 aliphatic carbocycles. The topological polar surface area (TPSA) is 100 Å². The van der Waals surface area contributed by atoms with Gasteiger partial charge in [0.15, 0.2) is 17.1 Å². The van der Waals surface area contributed by atoms with Crippen LogP contribution in [-0.4, -0.2) is 47.0 Å². The summed E-state index contributed by atoms with van der Waals surface area (Å²) >= 11 is 0. The average Bonchev–Trinajstić information content (AvgIpc) is 3.03. The molecule has 2 aromatic carbocycles. The molecule has 9 nitrogen and oxygen atoms in total. The van der Waals surface area contributed by atoms with Gasteiger partial charge >= 0.3 is 0 Å². The van der Waals surface area contributed by atoms with Crippen molar-refractivity contribution in [2.45, 2.75) is 6.92 Å². The van der Waals surface area contributed by atoms with E-state index in [1.165, 1.54) is 21.3 Å². The highest BCUT2D eigenvalue weighted by Crippen LogP contribution is 2.38. The van der Waals surface area contributed by atoms with Crippen LogP contribution in [0.5, 0.6) is 17.2 Å². The maximum atomic E-state index is 12.8. The second kappa shape index (κ2) is 7.51. The summed E-state index contributed by atoms with van der Waals surface area (Å²) in [4.78, 5) is 17.3. The largest absolute Gasteiger partial charge is 0.493 e. The molecular weight excluding hydrogens is 386 g/mol. The molecule has 0 bridgehead atoms. The van der Waals surface area contributed by atoms with Gasteiger partial charge in [-0.25, -0.2) is 0 Å². The van der Waals surface area contributed by atoms with Crippen LogP contribution in [-0.2, 0) is 7.05 Å². The lowest BCUT2D eigenvalue weighted by molar-refractivity contribution is 0.102. The minimum Gasteiger partial charge on any atom is -0.493 e. The fourth-order valence-electron chi connectivity index (χ4n) is 3.41. The first-order valence-corrected chi connectivity index (χ1v) is 9.17. The monoisotopic (exact) mass is 407 g/mol. The number of nitrogens with zero attached hydrogens (tertiary/aromatic N) is 4. The normalized spacial score (nSPS) is 11.0. The second-order valence-electron chi connectivity index (χ2n) is 6.76. The van der Waals surface area contributed by atoms with E-state index in [0.717, 1.165) is 16.5 Å². The van der Waals surface area contributed by atoms with Gasteiger partial charge in [-0.15, -0.1) is 10.2 Å². The molecule has 0 spiro atoms. The number of ether oxygens (including phenoxy) is 3. The number of rotatable bonds is 5. The lowest BCUT2D eigenvalue weighted by Crippen LogP contribution is -2.15. The Morgan fingerprint density at radius 3 is 2.33 bits per heavy atom. The molecule has 0 saturated carbocycles. The maximum Gasteiger partial charge on any atom is 0.258 e. The highest BCUT2D eigenvalue weighted by atomic mass is 16.5. The van der Waals surface area contributed by atoms with E-state index in [2.05, 4.69) is 20.5 Å². The Hall–Kier alpha value is -3.88. The Morgan fingerprint density at radius 2 is 1.70 bits per heavy atom. The molecule has 1 amide bonds. The highest BCUT2D eigenvalue weighted by molar-refractivity contribution is 6.06. The summed E-state index contributed by atoms with van der Waals surface area (Å²) in [7, 11) is 6.38. The van der Waals surface area contributed by atoms with E-state index in [-0.39, 0.29) is 5.95 Å². The van der Waals surface area contributed by atoms with Gasteiger partial charge < -0.3 is 18.8 Å². The highest BCUT2D eigenvalue weighted by Gasteiger charge is 2.19. The van der Waals surface area contributed by atoms with Crippen LogP contribution >= 0.6 is 0 Å². The SMILES string of the molecule is COc1cc(C(=O)Nc2nnc3c4cc(C)ccc4n(C)c3n2)cc(OC)c1OC. The minimum atomic E-state index is -0.426. The molecule has 0 saturated heterocycles. The fraction of sp³-hybridized carbons (Fsp3) is 0.238. The van der Waals surface area contributed by atoms with Crippen LogP contribution in [0.25, 0.3) is 22.1 Å². The summed E-state index contributed by atoms with van der Waals surface area (Å²) in [5.74, 6) is 0.830. The zero-order valence-electron chi connectivity index (χ0n) is 17.3. The van der Waals surface area contributed by atoms with Crippen molar-refractivity contribution < 1.29 is 19.0 Å². The van der Waals surface area contributed by atoms with E-state index in [1.807, 2.05) is 36.7 Å². The van der Waals surface area contributed by atoms with Crippen LogP contribution in [0, 0.1) is 6.92 Å². The quantitative estimate of drug-likeness (QED) is 0.542. The van der Waals surface area contributed by atoms with E-state index in [1.54, 1.807) is 12.1 Å². The van der Waals surface area contributed by atoms with Gasteiger partial charge in [0, 0.05) is 18.0 Å². The number of nitrogens with one attached hydrogen (secondary N) is 1. The number of hydrogen-bond acceptors (Lipinski definition) is 7. The molecular formula is C21H21N5O4. The Labute approximate surface area is 172 Å². The first-order valence-electron chi connectivity index (χ1n) is 9.17. The summed E-state index contributed by atoms with van der Waals surface area (Å²) in [5, 5.41) is 12.0. The summed E-state index contributed by atoms with van der Waals surface area (Å²) in [6.45, 7) is 2.02. The van der Waals surface area contributed by atoms with Crippen molar-refractivity contribution in [2.75, 3.05) is 26.6 Å². The van der Waals surface area contributed by atoms with Gasteiger partial charge in [0.05, 0.1) is 26.8 Å². The number of benzene rings is 2. The van der Waals surface area contributed by atoms with Gasteiger partial charge in [-0.05, 0) is 31.2 Å². The lowest BCUT2D eigenvalue weighted by atomic mass is 10.1. The van der Waals surface area contributed by atoms with E-state index in [0.29, 0.717) is 34.0 Å².